The van der Waals surface area contributed by atoms with Gasteiger partial charge in [-0.3, -0.25) is 4.57 Å². The van der Waals surface area contributed by atoms with Crippen molar-refractivity contribution in [1.82, 2.24) is 14.5 Å². The second kappa shape index (κ2) is 4.68. The summed E-state index contributed by atoms with van der Waals surface area (Å²) in [6.07, 6.45) is 4.78. The van der Waals surface area contributed by atoms with Crippen LogP contribution in [0.4, 0.5) is 8.78 Å². The van der Waals surface area contributed by atoms with E-state index in [1.807, 2.05) is 11.9 Å². The molecule has 2 rings (SSSR count). The molecule has 1 heterocycles. The van der Waals surface area contributed by atoms with Gasteiger partial charge in [0.05, 0.1) is 0 Å². The third kappa shape index (κ3) is 2.72. The summed E-state index contributed by atoms with van der Waals surface area (Å²) in [5.74, 6) is 0.587. The number of imidazole rings is 1. The van der Waals surface area contributed by atoms with E-state index in [-0.39, 0.29) is 12.4 Å². The highest BCUT2D eigenvalue weighted by molar-refractivity contribution is 5.78. The summed E-state index contributed by atoms with van der Waals surface area (Å²) in [7, 11) is 1.86. The second-order valence-electron chi connectivity index (χ2n) is 4.04. The number of nitrogens with zero attached hydrogens (tertiary/aromatic N) is 4. The normalized spacial score (nSPS) is 16.6. The second-order valence-corrected chi connectivity index (χ2v) is 4.04. The average Bonchev–Trinajstić information content (AvgIpc) is 3.03. The lowest BCUT2D eigenvalue weighted by Crippen LogP contribution is -2.35. The highest BCUT2D eigenvalue weighted by Gasteiger charge is 2.27. The maximum Gasteiger partial charge on any atom is 0.319 e. The van der Waals surface area contributed by atoms with E-state index >= 15 is 0 Å². The Balaban J connectivity index is 2.00. The van der Waals surface area contributed by atoms with Crippen molar-refractivity contribution in [2.75, 3.05) is 7.05 Å². The van der Waals surface area contributed by atoms with Crippen molar-refractivity contribution < 1.29 is 8.78 Å². The molecule has 7 heteroatoms. The van der Waals surface area contributed by atoms with Gasteiger partial charge >= 0.3 is 6.55 Å². The molecular weight excluding hydrogens is 228 g/mol. The molecule has 0 atom stereocenters. The van der Waals surface area contributed by atoms with Crippen LogP contribution < -0.4 is 5.73 Å². The molecule has 17 heavy (non-hydrogen) atoms. The van der Waals surface area contributed by atoms with Gasteiger partial charge in [-0.15, -0.1) is 0 Å². The fourth-order valence-corrected chi connectivity index (χ4v) is 1.56. The monoisotopic (exact) mass is 243 g/mol. The number of alkyl halides is 2. The number of hydrogen-bond donors (Lipinski definition) is 1. The molecule has 0 aromatic carbocycles. The molecule has 0 bridgehead atoms. The lowest BCUT2D eigenvalue weighted by Gasteiger charge is -2.16. The minimum atomic E-state index is -2.59. The van der Waals surface area contributed by atoms with E-state index in [0.29, 0.717) is 12.0 Å². The Morgan fingerprint density at radius 2 is 2.41 bits per heavy atom. The van der Waals surface area contributed by atoms with Crippen LogP contribution in [0.3, 0.4) is 0 Å². The van der Waals surface area contributed by atoms with Crippen LogP contribution in [-0.4, -0.2) is 33.5 Å². The van der Waals surface area contributed by atoms with Gasteiger partial charge < -0.3 is 10.6 Å². The molecule has 0 spiro atoms. The third-order valence-corrected chi connectivity index (χ3v) is 2.80. The molecule has 1 aliphatic carbocycles. The van der Waals surface area contributed by atoms with E-state index in [4.69, 9.17) is 5.73 Å². The van der Waals surface area contributed by atoms with Gasteiger partial charge in [0.25, 0.3) is 0 Å². The summed E-state index contributed by atoms with van der Waals surface area (Å²) < 4.78 is 25.8. The molecular formula is C10H15F2N5. The highest BCUT2D eigenvalue weighted by atomic mass is 19.3. The Bertz CT molecular complexity index is 411. The summed E-state index contributed by atoms with van der Waals surface area (Å²) in [6, 6.07) is 0.452. The van der Waals surface area contributed by atoms with Crippen LogP contribution in [-0.2, 0) is 6.54 Å². The number of guanidine groups is 1. The van der Waals surface area contributed by atoms with Crippen LogP contribution in [0.1, 0.15) is 25.2 Å². The summed E-state index contributed by atoms with van der Waals surface area (Å²) in [5.41, 5.74) is 5.75. The van der Waals surface area contributed by atoms with Crippen molar-refractivity contribution in [3.8, 4) is 0 Å². The van der Waals surface area contributed by atoms with Gasteiger partial charge in [-0.05, 0) is 12.8 Å². The standard InChI is InChI=1S/C10H15F2N5/c1-16(7-2-3-7)10(13)15-6-8-14-4-5-17(8)9(11)12/h4-5,7,9H,2-3,6H2,1H3,(H2,13,15). The number of halogens is 2. The van der Waals surface area contributed by atoms with Crippen LogP contribution in [0.2, 0.25) is 0 Å². The zero-order valence-electron chi connectivity index (χ0n) is 9.55. The van der Waals surface area contributed by atoms with E-state index < -0.39 is 6.55 Å². The van der Waals surface area contributed by atoms with Crippen LogP contribution in [0, 0.1) is 0 Å². The summed E-state index contributed by atoms with van der Waals surface area (Å²) in [4.78, 5) is 9.78. The Labute approximate surface area is 97.9 Å². The van der Waals surface area contributed by atoms with Gasteiger partial charge in [0.1, 0.15) is 12.4 Å². The van der Waals surface area contributed by atoms with Crippen molar-refractivity contribution in [2.45, 2.75) is 32.0 Å². The first kappa shape index (κ1) is 11.8. The minimum Gasteiger partial charge on any atom is -0.370 e. The molecule has 2 N–H and O–H groups in total. The molecule has 1 aliphatic rings. The van der Waals surface area contributed by atoms with E-state index in [2.05, 4.69) is 9.98 Å². The van der Waals surface area contributed by atoms with Crippen molar-refractivity contribution in [3.05, 3.63) is 18.2 Å². The smallest absolute Gasteiger partial charge is 0.319 e. The van der Waals surface area contributed by atoms with Gasteiger partial charge in [-0.1, -0.05) is 0 Å². The van der Waals surface area contributed by atoms with Gasteiger partial charge in [0, 0.05) is 25.5 Å². The van der Waals surface area contributed by atoms with Gasteiger partial charge in [0.15, 0.2) is 5.96 Å². The van der Waals surface area contributed by atoms with Crippen LogP contribution >= 0.6 is 0 Å². The lowest BCUT2D eigenvalue weighted by molar-refractivity contribution is 0.0671. The summed E-state index contributed by atoms with van der Waals surface area (Å²) in [6.45, 7) is -2.52. The van der Waals surface area contributed by atoms with Crippen LogP contribution in [0.15, 0.2) is 17.4 Å². The van der Waals surface area contributed by atoms with Crippen LogP contribution in [0.25, 0.3) is 0 Å². The summed E-state index contributed by atoms with van der Waals surface area (Å²) in [5, 5.41) is 0. The topological polar surface area (TPSA) is 59.4 Å². The fourth-order valence-electron chi connectivity index (χ4n) is 1.56. The zero-order chi connectivity index (χ0) is 12.4. The number of nitrogens with two attached hydrogens (primary N) is 1. The molecule has 0 radical (unpaired) electrons. The number of hydrogen-bond acceptors (Lipinski definition) is 2. The zero-order valence-corrected chi connectivity index (χ0v) is 9.55. The number of rotatable bonds is 4. The van der Waals surface area contributed by atoms with Crippen molar-refractivity contribution in [3.63, 3.8) is 0 Å². The molecule has 1 aromatic rings. The van der Waals surface area contributed by atoms with Gasteiger partial charge in [0.2, 0.25) is 0 Å². The van der Waals surface area contributed by atoms with Gasteiger partial charge in [-0.2, -0.15) is 8.78 Å². The fraction of sp³-hybridized carbons (Fsp3) is 0.600. The van der Waals surface area contributed by atoms with Crippen LogP contribution in [0.5, 0.6) is 0 Å². The molecule has 1 aromatic heterocycles. The predicted molar refractivity (Wildman–Crippen MR) is 59.6 cm³/mol. The Morgan fingerprint density at radius 3 is 3.00 bits per heavy atom. The summed E-state index contributed by atoms with van der Waals surface area (Å²) >= 11 is 0. The first-order valence-electron chi connectivity index (χ1n) is 5.42. The molecule has 0 amide bonds. The van der Waals surface area contributed by atoms with Gasteiger partial charge in [-0.25, -0.2) is 9.98 Å². The van der Waals surface area contributed by atoms with E-state index in [9.17, 15) is 8.78 Å². The van der Waals surface area contributed by atoms with E-state index in [1.165, 1.54) is 12.4 Å². The number of aromatic nitrogens is 2. The van der Waals surface area contributed by atoms with Crippen molar-refractivity contribution >= 4 is 5.96 Å². The molecule has 0 aliphatic heterocycles. The largest absolute Gasteiger partial charge is 0.370 e. The third-order valence-electron chi connectivity index (χ3n) is 2.80. The molecule has 1 saturated carbocycles. The van der Waals surface area contributed by atoms with Crippen molar-refractivity contribution in [2.24, 2.45) is 10.7 Å². The minimum absolute atomic E-state index is 0.0697. The molecule has 0 unspecified atom stereocenters. The highest BCUT2D eigenvalue weighted by Crippen LogP contribution is 2.25. The van der Waals surface area contributed by atoms with E-state index in [1.54, 1.807) is 0 Å². The molecule has 94 valence electrons. The Hall–Kier alpha value is -1.66. The average molecular weight is 243 g/mol. The number of aliphatic imine (C=N–C) groups is 1. The molecule has 1 fully saturated rings. The lowest BCUT2D eigenvalue weighted by atomic mass is 10.5. The Morgan fingerprint density at radius 1 is 1.71 bits per heavy atom. The first-order valence-corrected chi connectivity index (χ1v) is 5.42. The molecule has 0 saturated heterocycles. The quantitative estimate of drug-likeness (QED) is 0.638. The maximum absolute atomic E-state index is 12.5. The Kier molecular flexibility index (Phi) is 3.26. The predicted octanol–water partition coefficient (Wildman–Crippen LogP) is 1.19. The SMILES string of the molecule is CN(C(N)=NCc1nccn1C(F)F)C1CC1. The molecule has 5 nitrogen and oxygen atoms in total. The first-order chi connectivity index (χ1) is 8.09. The maximum atomic E-state index is 12.5. The van der Waals surface area contributed by atoms with Crippen molar-refractivity contribution in [1.29, 1.82) is 0 Å². The van der Waals surface area contributed by atoms with E-state index in [0.717, 1.165) is 17.4 Å².